The molecule has 3 rings (SSSR count). The van der Waals surface area contributed by atoms with Crippen LogP contribution in [0.1, 0.15) is 15.9 Å². The lowest BCUT2D eigenvalue weighted by Gasteiger charge is -2.06. The molecule has 0 bridgehead atoms. The number of carbonyl (C=O) groups excluding carboxylic acids is 1. The Morgan fingerprint density at radius 2 is 1.59 bits per heavy atom. The SMILES string of the molecule is Cc1ccc(C(=O)Nc2ccc3c(c2)n(C)c(=O)n3C)cc1. The van der Waals surface area contributed by atoms with E-state index < -0.39 is 0 Å². The summed E-state index contributed by atoms with van der Waals surface area (Å²) in [5, 5.41) is 2.86. The Balaban J connectivity index is 1.94. The van der Waals surface area contributed by atoms with Crippen molar-refractivity contribution in [1.29, 1.82) is 0 Å². The zero-order valence-corrected chi connectivity index (χ0v) is 12.8. The number of aromatic nitrogens is 2. The van der Waals surface area contributed by atoms with Crippen molar-refractivity contribution >= 4 is 22.6 Å². The molecule has 0 saturated heterocycles. The van der Waals surface area contributed by atoms with Gasteiger partial charge in [0, 0.05) is 25.3 Å². The van der Waals surface area contributed by atoms with Crippen LogP contribution in [0.5, 0.6) is 0 Å². The smallest absolute Gasteiger partial charge is 0.322 e. The molecular formula is C17H17N3O2. The van der Waals surface area contributed by atoms with Crippen molar-refractivity contribution in [2.75, 3.05) is 5.32 Å². The Labute approximate surface area is 127 Å². The second kappa shape index (κ2) is 5.18. The Morgan fingerprint density at radius 1 is 0.955 bits per heavy atom. The van der Waals surface area contributed by atoms with Gasteiger partial charge in [0.1, 0.15) is 0 Å². The summed E-state index contributed by atoms with van der Waals surface area (Å²) in [6.45, 7) is 1.98. The second-order valence-electron chi connectivity index (χ2n) is 5.42. The molecular weight excluding hydrogens is 278 g/mol. The van der Waals surface area contributed by atoms with Gasteiger partial charge in [-0.3, -0.25) is 13.9 Å². The summed E-state index contributed by atoms with van der Waals surface area (Å²) >= 11 is 0. The normalized spacial score (nSPS) is 10.9. The van der Waals surface area contributed by atoms with Crippen LogP contribution in [0.2, 0.25) is 0 Å². The number of rotatable bonds is 2. The maximum absolute atomic E-state index is 12.2. The van der Waals surface area contributed by atoms with Gasteiger partial charge in [0.2, 0.25) is 0 Å². The van der Waals surface area contributed by atoms with Gasteiger partial charge in [0.05, 0.1) is 11.0 Å². The average molecular weight is 295 g/mol. The largest absolute Gasteiger partial charge is 0.328 e. The van der Waals surface area contributed by atoms with Crippen molar-refractivity contribution in [2.24, 2.45) is 14.1 Å². The van der Waals surface area contributed by atoms with Gasteiger partial charge in [-0.05, 0) is 37.3 Å². The zero-order chi connectivity index (χ0) is 15.9. The summed E-state index contributed by atoms with van der Waals surface area (Å²) in [6.07, 6.45) is 0. The number of fused-ring (bicyclic) bond motifs is 1. The molecule has 2 aromatic carbocycles. The van der Waals surface area contributed by atoms with Crippen LogP contribution >= 0.6 is 0 Å². The van der Waals surface area contributed by atoms with Gasteiger partial charge >= 0.3 is 5.69 Å². The van der Waals surface area contributed by atoms with Crippen LogP contribution in [0.3, 0.4) is 0 Å². The van der Waals surface area contributed by atoms with Crippen LogP contribution < -0.4 is 11.0 Å². The van der Waals surface area contributed by atoms with E-state index in [1.54, 1.807) is 41.4 Å². The predicted molar refractivity (Wildman–Crippen MR) is 87.3 cm³/mol. The van der Waals surface area contributed by atoms with E-state index in [2.05, 4.69) is 5.32 Å². The molecule has 5 nitrogen and oxygen atoms in total. The minimum Gasteiger partial charge on any atom is -0.322 e. The number of hydrogen-bond acceptors (Lipinski definition) is 2. The maximum Gasteiger partial charge on any atom is 0.328 e. The number of benzene rings is 2. The number of aryl methyl sites for hydroxylation is 3. The molecule has 0 spiro atoms. The highest BCUT2D eigenvalue weighted by atomic mass is 16.2. The van der Waals surface area contributed by atoms with E-state index in [4.69, 9.17) is 0 Å². The first kappa shape index (κ1) is 14.1. The summed E-state index contributed by atoms with van der Waals surface area (Å²) in [7, 11) is 3.45. The molecule has 1 heterocycles. The lowest BCUT2D eigenvalue weighted by molar-refractivity contribution is 0.102. The molecule has 0 aliphatic heterocycles. The Kier molecular flexibility index (Phi) is 3.33. The van der Waals surface area contributed by atoms with E-state index in [1.165, 1.54) is 0 Å². The lowest BCUT2D eigenvalue weighted by Crippen LogP contribution is -2.19. The second-order valence-corrected chi connectivity index (χ2v) is 5.42. The molecule has 0 saturated carbocycles. The number of carbonyl (C=O) groups is 1. The molecule has 0 aliphatic carbocycles. The van der Waals surface area contributed by atoms with E-state index in [9.17, 15) is 9.59 Å². The summed E-state index contributed by atoms with van der Waals surface area (Å²) in [5.41, 5.74) is 3.91. The lowest BCUT2D eigenvalue weighted by atomic mass is 10.1. The summed E-state index contributed by atoms with van der Waals surface area (Å²) in [5.74, 6) is -0.166. The van der Waals surface area contributed by atoms with Gasteiger partial charge in [-0.15, -0.1) is 0 Å². The molecule has 3 aromatic rings. The first-order valence-electron chi connectivity index (χ1n) is 7.01. The quantitative estimate of drug-likeness (QED) is 0.789. The molecule has 1 amide bonds. The van der Waals surface area contributed by atoms with Crippen molar-refractivity contribution < 1.29 is 4.79 Å². The number of hydrogen-bond donors (Lipinski definition) is 1. The third-order valence-corrected chi connectivity index (χ3v) is 3.84. The maximum atomic E-state index is 12.2. The molecule has 5 heteroatoms. The Bertz CT molecular complexity index is 917. The zero-order valence-electron chi connectivity index (χ0n) is 12.8. The molecule has 1 N–H and O–H groups in total. The van der Waals surface area contributed by atoms with Crippen LogP contribution in [0, 0.1) is 6.92 Å². The Hall–Kier alpha value is -2.82. The van der Waals surface area contributed by atoms with E-state index in [0.29, 0.717) is 11.3 Å². The van der Waals surface area contributed by atoms with Crippen molar-refractivity contribution in [1.82, 2.24) is 9.13 Å². The number of imidazole rings is 1. The van der Waals surface area contributed by atoms with E-state index in [0.717, 1.165) is 16.6 Å². The van der Waals surface area contributed by atoms with Crippen LogP contribution in [0.15, 0.2) is 47.3 Å². The van der Waals surface area contributed by atoms with Gasteiger partial charge in [0.25, 0.3) is 5.91 Å². The van der Waals surface area contributed by atoms with Crippen molar-refractivity contribution in [2.45, 2.75) is 6.92 Å². The molecule has 0 unspecified atom stereocenters. The monoisotopic (exact) mass is 295 g/mol. The molecule has 0 atom stereocenters. The predicted octanol–water partition coefficient (Wildman–Crippen LogP) is 2.44. The summed E-state index contributed by atoms with van der Waals surface area (Å²) in [4.78, 5) is 24.1. The molecule has 0 aliphatic rings. The van der Waals surface area contributed by atoms with E-state index in [-0.39, 0.29) is 11.6 Å². The first-order valence-corrected chi connectivity index (χ1v) is 7.01. The molecule has 0 fully saturated rings. The molecule has 22 heavy (non-hydrogen) atoms. The molecule has 0 radical (unpaired) electrons. The van der Waals surface area contributed by atoms with Gasteiger partial charge in [0.15, 0.2) is 0 Å². The topological polar surface area (TPSA) is 56.0 Å². The fourth-order valence-electron chi connectivity index (χ4n) is 2.49. The van der Waals surface area contributed by atoms with Gasteiger partial charge < -0.3 is 5.32 Å². The van der Waals surface area contributed by atoms with E-state index in [1.807, 2.05) is 31.2 Å². The number of nitrogens with zero attached hydrogens (tertiary/aromatic N) is 2. The third kappa shape index (κ3) is 2.30. The van der Waals surface area contributed by atoms with Gasteiger partial charge in [-0.2, -0.15) is 0 Å². The fourth-order valence-corrected chi connectivity index (χ4v) is 2.49. The number of amides is 1. The van der Waals surface area contributed by atoms with Crippen LogP contribution in [-0.2, 0) is 14.1 Å². The van der Waals surface area contributed by atoms with Crippen molar-refractivity contribution in [3.05, 3.63) is 64.1 Å². The highest BCUT2D eigenvalue weighted by Gasteiger charge is 2.10. The van der Waals surface area contributed by atoms with Crippen LogP contribution in [-0.4, -0.2) is 15.0 Å². The summed E-state index contributed by atoms with van der Waals surface area (Å²) < 4.78 is 3.15. The Morgan fingerprint density at radius 3 is 2.27 bits per heavy atom. The summed E-state index contributed by atoms with van der Waals surface area (Å²) in [6, 6.07) is 12.8. The van der Waals surface area contributed by atoms with E-state index >= 15 is 0 Å². The van der Waals surface area contributed by atoms with Crippen molar-refractivity contribution in [3.8, 4) is 0 Å². The van der Waals surface area contributed by atoms with Gasteiger partial charge in [-0.1, -0.05) is 17.7 Å². The third-order valence-electron chi connectivity index (χ3n) is 3.84. The molecule has 1 aromatic heterocycles. The fraction of sp³-hybridized carbons (Fsp3) is 0.176. The van der Waals surface area contributed by atoms with Crippen LogP contribution in [0.4, 0.5) is 5.69 Å². The minimum atomic E-state index is -0.166. The van der Waals surface area contributed by atoms with Crippen LogP contribution in [0.25, 0.3) is 11.0 Å². The van der Waals surface area contributed by atoms with Crippen molar-refractivity contribution in [3.63, 3.8) is 0 Å². The highest BCUT2D eigenvalue weighted by molar-refractivity contribution is 6.05. The molecule has 112 valence electrons. The minimum absolute atomic E-state index is 0.0861. The standard InChI is InChI=1S/C17H17N3O2/c1-11-4-6-12(7-5-11)16(21)18-13-8-9-14-15(10-13)20(3)17(22)19(14)2/h4-10H,1-3H3,(H,18,21). The first-order chi connectivity index (χ1) is 10.5. The van der Waals surface area contributed by atoms with Gasteiger partial charge in [-0.25, -0.2) is 4.79 Å². The highest BCUT2D eigenvalue weighted by Crippen LogP contribution is 2.18. The number of nitrogens with one attached hydrogen (secondary N) is 1. The average Bonchev–Trinajstić information content (AvgIpc) is 2.72. The number of anilines is 1.